The number of imidazole rings is 1. The molecule has 0 amide bonds. The molecule has 0 spiro atoms. The molecule has 112 valence electrons. The number of benzene rings is 1. The largest absolute Gasteiger partial charge is 0.480 e. The summed E-state index contributed by atoms with van der Waals surface area (Å²) in [5, 5.41) is 12.3. The van der Waals surface area contributed by atoms with Crippen molar-refractivity contribution >= 4 is 34.6 Å². The Morgan fingerprint density at radius 2 is 2.09 bits per heavy atom. The van der Waals surface area contributed by atoms with Crippen LogP contribution in [0.2, 0.25) is 5.28 Å². The van der Waals surface area contributed by atoms with Crippen LogP contribution >= 0.6 is 11.6 Å². The Balaban J connectivity index is 1.90. The molecule has 0 fully saturated rings. The number of carboxylic acids is 1. The Bertz CT molecular complexity index is 805. The van der Waals surface area contributed by atoms with Crippen molar-refractivity contribution in [1.82, 2.24) is 19.9 Å². The first kappa shape index (κ1) is 14.3. The summed E-state index contributed by atoms with van der Waals surface area (Å²) in [6, 6.07) is 8.50. The molecule has 1 atom stereocenters. The van der Waals surface area contributed by atoms with Crippen molar-refractivity contribution in [2.24, 2.45) is 0 Å². The van der Waals surface area contributed by atoms with E-state index in [9.17, 15) is 9.90 Å². The molecule has 0 aliphatic carbocycles. The van der Waals surface area contributed by atoms with E-state index in [1.165, 1.54) is 6.33 Å². The van der Waals surface area contributed by atoms with Crippen molar-refractivity contribution in [3.05, 3.63) is 47.5 Å². The van der Waals surface area contributed by atoms with Gasteiger partial charge in [0.2, 0.25) is 5.28 Å². The Kier molecular flexibility index (Phi) is 3.88. The minimum atomic E-state index is -0.980. The lowest BCUT2D eigenvalue weighted by Gasteiger charge is -2.15. The molecule has 22 heavy (non-hydrogen) atoms. The minimum absolute atomic E-state index is 0.00551. The van der Waals surface area contributed by atoms with Crippen LogP contribution in [-0.4, -0.2) is 37.1 Å². The van der Waals surface area contributed by atoms with Gasteiger partial charge < -0.3 is 15.4 Å². The molecular formula is C14H12ClN5O2. The van der Waals surface area contributed by atoms with Gasteiger partial charge in [0.1, 0.15) is 11.6 Å². The first-order chi connectivity index (χ1) is 10.6. The topological polar surface area (TPSA) is 104 Å². The maximum Gasteiger partial charge on any atom is 0.326 e. The molecule has 2 aromatic heterocycles. The molecule has 2 heterocycles. The summed E-state index contributed by atoms with van der Waals surface area (Å²) in [6.45, 7) is 0. The highest BCUT2D eigenvalue weighted by atomic mass is 35.5. The average molecular weight is 318 g/mol. The van der Waals surface area contributed by atoms with E-state index in [0.29, 0.717) is 23.4 Å². The highest BCUT2D eigenvalue weighted by Crippen LogP contribution is 2.20. The molecule has 0 unspecified atom stereocenters. The van der Waals surface area contributed by atoms with Crippen LogP contribution in [0.15, 0.2) is 36.7 Å². The van der Waals surface area contributed by atoms with Crippen molar-refractivity contribution in [3.63, 3.8) is 0 Å². The van der Waals surface area contributed by atoms with E-state index in [1.807, 2.05) is 30.3 Å². The van der Waals surface area contributed by atoms with Gasteiger partial charge in [-0.15, -0.1) is 0 Å². The predicted molar refractivity (Wildman–Crippen MR) is 81.9 cm³/mol. The summed E-state index contributed by atoms with van der Waals surface area (Å²) in [4.78, 5) is 26.4. The lowest BCUT2D eigenvalue weighted by molar-refractivity contribution is -0.137. The van der Waals surface area contributed by atoms with Crippen LogP contribution in [-0.2, 0) is 11.2 Å². The van der Waals surface area contributed by atoms with Gasteiger partial charge in [-0.1, -0.05) is 30.3 Å². The maximum atomic E-state index is 11.5. The van der Waals surface area contributed by atoms with Crippen LogP contribution in [0.3, 0.4) is 0 Å². The van der Waals surface area contributed by atoms with Crippen molar-refractivity contribution in [3.8, 4) is 0 Å². The monoisotopic (exact) mass is 317 g/mol. The van der Waals surface area contributed by atoms with Crippen LogP contribution in [0.5, 0.6) is 0 Å². The maximum absolute atomic E-state index is 11.5. The Morgan fingerprint density at radius 1 is 1.32 bits per heavy atom. The van der Waals surface area contributed by atoms with E-state index in [2.05, 4.69) is 25.3 Å². The van der Waals surface area contributed by atoms with Gasteiger partial charge in [-0.05, 0) is 17.2 Å². The zero-order chi connectivity index (χ0) is 15.5. The van der Waals surface area contributed by atoms with E-state index in [0.717, 1.165) is 5.56 Å². The third-order valence-corrected chi connectivity index (χ3v) is 3.32. The fraction of sp³-hybridized carbons (Fsp3) is 0.143. The molecule has 0 radical (unpaired) electrons. The first-order valence-corrected chi connectivity index (χ1v) is 6.91. The second-order valence-electron chi connectivity index (χ2n) is 4.67. The summed E-state index contributed by atoms with van der Waals surface area (Å²) in [5.74, 6) is -0.665. The lowest BCUT2D eigenvalue weighted by Crippen LogP contribution is -2.32. The number of hydrogen-bond acceptors (Lipinski definition) is 5. The third kappa shape index (κ3) is 2.99. The molecule has 7 nitrogen and oxygen atoms in total. The molecule has 0 aliphatic heterocycles. The fourth-order valence-electron chi connectivity index (χ4n) is 2.13. The van der Waals surface area contributed by atoms with Gasteiger partial charge in [0, 0.05) is 6.42 Å². The number of carbonyl (C=O) groups is 1. The lowest BCUT2D eigenvalue weighted by atomic mass is 10.1. The molecule has 0 bridgehead atoms. The number of anilines is 1. The van der Waals surface area contributed by atoms with Crippen molar-refractivity contribution < 1.29 is 9.90 Å². The van der Waals surface area contributed by atoms with Crippen molar-refractivity contribution in [1.29, 1.82) is 0 Å². The smallest absolute Gasteiger partial charge is 0.326 e. The predicted octanol–water partition coefficient (Wildman–Crippen LogP) is 2.11. The molecular weight excluding hydrogens is 306 g/mol. The van der Waals surface area contributed by atoms with Gasteiger partial charge in [-0.25, -0.2) is 9.78 Å². The van der Waals surface area contributed by atoms with Gasteiger partial charge in [0.25, 0.3) is 0 Å². The molecule has 0 saturated carbocycles. The van der Waals surface area contributed by atoms with Gasteiger partial charge >= 0.3 is 5.97 Å². The number of H-pyrrole nitrogens is 1. The quantitative estimate of drug-likeness (QED) is 0.623. The van der Waals surface area contributed by atoms with Crippen LogP contribution in [0.4, 0.5) is 5.82 Å². The Hall–Kier alpha value is -2.67. The van der Waals surface area contributed by atoms with Gasteiger partial charge in [-0.2, -0.15) is 9.97 Å². The Morgan fingerprint density at radius 3 is 2.82 bits per heavy atom. The van der Waals surface area contributed by atoms with Gasteiger partial charge in [0.05, 0.1) is 6.33 Å². The van der Waals surface area contributed by atoms with E-state index >= 15 is 0 Å². The summed E-state index contributed by atoms with van der Waals surface area (Å²) in [6.07, 6.45) is 1.77. The second-order valence-corrected chi connectivity index (χ2v) is 5.01. The highest BCUT2D eigenvalue weighted by molar-refractivity contribution is 6.28. The molecule has 1 aromatic carbocycles. The van der Waals surface area contributed by atoms with Crippen LogP contribution < -0.4 is 5.32 Å². The minimum Gasteiger partial charge on any atom is -0.480 e. The fourth-order valence-corrected chi connectivity index (χ4v) is 2.29. The normalized spacial score (nSPS) is 12.2. The SMILES string of the molecule is O=C(O)[C@H](Cc1ccccc1)Nc1nc(Cl)nc2nc[nH]c12. The molecule has 8 heteroatoms. The molecule has 3 rings (SSSR count). The number of halogens is 1. The number of carboxylic acid groups (broad SMARTS) is 1. The third-order valence-electron chi connectivity index (χ3n) is 3.15. The number of aliphatic carboxylic acids is 1. The molecule has 3 aromatic rings. The number of rotatable bonds is 5. The zero-order valence-corrected chi connectivity index (χ0v) is 12.1. The van der Waals surface area contributed by atoms with Crippen LogP contribution in [0.25, 0.3) is 11.2 Å². The summed E-state index contributed by atoms with van der Waals surface area (Å²) in [5.41, 5.74) is 1.80. The average Bonchev–Trinajstić information content (AvgIpc) is 2.95. The van der Waals surface area contributed by atoms with E-state index < -0.39 is 12.0 Å². The van der Waals surface area contributed by atoms with Gasteiger partial charge in [-0.3, -0.25) is 0 Å². The number of fused-ring (bicyclic) bond motifs is 1. The number of nitrogens with one attached hydrogen (secondary N) is 2. The summed E-state index contributed by atoms with van der Waals surface area (Å²) < 4.78 is 0. The van der Waals surface area contributed by atoms with E-state index in [-0.39, 0.29) is 5.28 Å². The number of aromatic nitrogens is 4. The van der Waals surface area contributed by atoms with Crippen LogP contribution in [0, 0.1) is 0 Å². The zero-order valence-electron chi connectivity index (χ0n) is 11.3. The summed E-state index contributed by atoms with van der Waals surface area (Å²) >= 11 is 5.84. The number of hydrogen-bond donors (Lipinski definition) is 3. The van der Waals surface area contributed by atoms with Crippen molar-refractivity contribution in [2.75, 3.05) is 5.32 Å². The molecule has 0 saturated heterocycles. The standard InChI is InChI=1S/C14H12ClN5O2/c15-14-19-11-10(16-7-17-11)12(20-14)18-9(13(21)22)6-8-4-2-1-3-5-8/h1-5,7,9H,6H2,(H,21,22)(H2,16,17,18,19,20)/t9-/m0/s1. The number of aromatic amines is 1. The van der Waals surface area contributed by atoms with Crippen molar-refractivity contribution in [2.45, 2.75) is 12.5 Å². The van der Waals surface area contributed by atoms with Crippen LogP contribution in [0.1, 0.15) is 5.56 Å². The second kappa shape index (κ2) is 5.98. The van der Waals surface area contributed by atoms with Gasteiger partial charge in [0.15, 0.2) is 11.5 Å². The van der Waals surface area contributed by atoms with E-state index in [4.69, 9.17) is 11.6 Å². The molecule has 3 N–H and O–H groups in total. The molecule has 0 aliphatic rings. The Labute approximate surface area is 130 Å². The number of nitrogens with zero attached hydrogens (tertiary/aromatic N) is 3. The highest BCUT2D eigenvalue weighted by Gasteiger charge is 2.20. The van der Waals surface area contributed by atoms with E-state index in [1.54, 1.807) is 0 Å². The first-order valence-electron chi connectivity index (χ1n) is 6.53. The summed E-state index contributed by atoms with van der Waals surface area (Å²) in [7, 11) is 0.